The molecule has 0 atom stereocenters. The molecule has 0 saturated carbocycles. The van der Waals surface area contributed by atoms with Gasteiger partial charge in [0.25, 0.3) is 0 Å². The maximum absolute atomic E-state index is 12.1. The standard InChI is InChI=1S/C14H20N2O2/c1-5-14(3,4)13(17)15-12-9-7-6-8-11(12)10(2)16-18/h6-9,18H,5H2,1-4H3,(H,15,17). The molecular weight excluding hydrogens is 228 g/mol. The second kappa shape index (κ2) is 5.67. The van der Waals surface area contributed by atoms with Crippen LogP contribution in [0.15, 0.2) is 29.4 Å². The second-order valence-corrected chi connectivity index (χ2v) is 4.92. The number of carbonyl (C=O) groups excluding carboxylic acids is 1. The lowest BCUT2D eigenvalue weighted by Gasteiger charge is -2.22. The minimum absolute atomic E-state index is 0.0387. The molecule has 0 spiro atoms. The molecule has 1 aromatic carbocycles. The number of carbonyl (C=O) groups is 1. The van der Waals surface area contributed by atoms with Gasteiger partial charge in [0.2, 0.25) is 5.91 Å². The molecule has 0 bridgehead atoms. The summed E-state index contributed by atoms with van der Waals surface area (Å²) in [6, 6.07) is 7.28. The lowest BCUT2D eigenvalue weighted by Crippen LogP contribution is -2.30. The molecule has 4 heteroatoms. The first kappa shape index (κ1) is 14.2. The van der Waals surface area contributed by atoms with E-state index in [4.69, 9.17) is 5.21 Å². The van der Waals surface area contributed by atoms with E-state index >= 15 is 0 Å². The van der Waals surface area contributed by atoms with Crippen molar-refractivity contribution >= 4 is 17.3 Å². The topological polar surface area (TPSA) is 61.7 Å². The van der Waals surface area contributed by atoms with Crippen LogP contribution in [0.4, 0.5) is 5.69 Å². The average Bonchev–Trinajstić information content (AvgIpc) is 2.38. The van der Waals surface area contributed by atoms with Crippen molar-refractivity contribution in [2.45, 2.75) is 34.1 Å². The SMILES string of the molecule is CCC(C)(C)C(=O)Nc1ccccc1C(C)=NO. The molecule has 0 heterocycles. The van der Waals surface area contributed by atoms with Gasteiger partial charge in [0.05, 0.1) is 5.71 Å². The smallest absolute Gasteiger partial charge is 0.230 e. The molecule has 0 aliphatic heterocycles. The van der Waals surface area contributed by atoms with E-state index in [2.05, 4.69) is 10.5 Å². The number of oxime groups is 1. The minimum atomic E-state index is -0.419. The Balaban J connectivity index is 3.02. The Bertz CT molecular complexity index is 465. The third kappa shape index (κ3) is 3.09. The Morgan fingerprint density at radius 3 is 2.56 bits per heavy atom. The van der Waals surface area contributed by atoms with Crippen molar-refractivity contribution in [3.8, 4) is 0 Å². The maximum atomic E-state index is 12.1. The third-order valence-electron chi connectivity index (χ3n) is 3.21. The highest BCUT2D eigenvalue weighted by molar-refractivity contribution is 6.06. The number of benzene rings is 1. The summed E-state index contributed by atoms with van der Waals surface area (Å²) in [5.41, 5.74) is 1.44. The van der Waals surface area contributed by atoms with Crippen molar-refractivity contribution in [2.75, 3.05) is 5.32 Å². The number of hydrogen-bond donors (Lipinski definition) is 2. The highest BCUT2D eigenvalue weighted by atomic mass is 16.4. The number of para-hydroxylation sites is 1. The number of amides is 1. The van der Waals surface area contributed by atoms with E-state index < -0.39 is 5.41 Å². The summed E-state index contributed by atoms with van der Waals surface area (Å²) in [5, 5.41) is 14.9. The van der Waals surface area contributed by atoms with Crippen LogP contribution in [0.3, 0.4) is 0 Å². The van der Waals surface area contributed by atoms with Crippen molar-refractivity contribution in [3.63, 3.8) is 0 Å². The Morgan fingerprint density at radius 2 is 2.00 bits per heavy atom. The van der Waals surface area contributed by atoms with Gasteiger partial charge in [-0.1, -0.05) is 44.1 Å². The van der Waals surface area contributed by atoms with Crippen LogP contribution in [0.5, 0.6) is 0 Å². The fraction of sp³-hybridized carbons (Fsp3) is 0.429. The zero-order valence-corrected chi connectivity index (χ0v) is 11.3. The van der Waals surface area contributed by atoms with Gasteiger partial charge in [0.1, 0.15) is 0 Å². The van der Waals surface area contributed by atoms with Gasteiger partial charge in [-0.3, -0.25) is 4.79 Å². The van der Waals surface area contributed by atoms with E-state index in [0.29, 0.717) is 11.4 Å². The number of nitrogens with one attached hydrogen (secondary N) is 1. The van der Waals surface area contributed by atoms with Crippen molar-refractivity contribution in [1.82, 2.24) is 0 Å². The van der Waals surface area contributed by atoms with Gasteiger partial charge in [-0.25, -0.2) is 0 Å². The highest BCUT2D eigenvalue weighted by Gasteiger charge is 2.25. The summed E-state index contributed by atoms with van der Waals surface area (Å²) in [4.78, 5) is 12.1. The molecule has 98 valence electrons. The van der Waals surface area contributed by atoms with Crippen LogP contribution >= 0.6 is 0 Å². The van der Waals surface area contributed by atoms with Gasteiger partial charge < -0.3 is 10.5 Å². The zero-order chi connectivity index (χ0) is 13.8. The monoisotopic (exact) mass is 248 g/mol. The number of anilines is 1. The predicted molar refractivity (Wildman–Crippen MR) is 73.1 cm³/mol. The summed E-state index contributed by atoms with van der Waals surface area (Å²) in [5.74, 6) is -0.0387. The van der Waals surface area contributed by atoms with Gasteiger partial charge in [0.15, 0.2) is 0 Å². The average molecular weight is 248 g/mol. The number of hydrogen-bond acceptors (Lipinski definition) is 3. The molecule has 1 amide bonds. The first-order valence-corrected chi connectivity index (χ1v) is 6.02. The molecule has 1 rings (SSSR count). The molecule has 0 unspecified atom stereocenters. The normalized spacial score (nSPS) is 12.3. The van der Waals surface area contributed by atoms with Gasteiger partial charge in [-0.05, 0) is 19.4 Å². The lowest BCUT2D eigenvalue weighted by molar-refractivity contribution is -0.124. The zero-order valence-electron chi connectivity index (χ0n) is 11.3. The van der Waals surface area contributed by atoms with Crippen LogP contribution in [-0.4, -0.2) is 16.8 Å². The summed E-state index contributed by atoms with van der Waals surface area (Å²) < 4.78 is 0. The van der Waals surface area contributed by atoms with Gasteiger partial charge in [0, 0.05) is 16.7 Å². The van der Waals surface area contributed by atoms with Crippen LogP contribution in [0, 0.1) is 5.41 Å². The quantitative estimate of drug-likeness (QED) is 0.488. The molecule has 18 heavy (non-hydrogen) atoms. The predicted octanol–water partition coefficient (Wildman–Crippen LogP) is 3.26. The molecule has 0 radical (unpaired) electrons. The summed E-state index contributed by atoms with van der Waals surface area (Å²) >= 11 is 0. The van der Waals surface area contributed by atoms with E-state index in [9.17, 15) is 4.79 Å². The third-order valence-corrected chi connectivity index (χ3v) is 3.21. The van der Waals surface area contributed by atoms with Crippen LogP contribution in [0.25, 0.3) is 0 Å². The molecule has 0 saturated heterocycles. The van der Waals surface area contributed by atoms with Crippen LogP contribution < -0.4 is 5.32 Å². The Kier molecular flexibility index (Phi) is 4.48. The molecule has 0 aromatic heterocycles. The molecule has 0 aliphatic rings. The molecule has 0 aliphatic carbocycles. The summed E-state index contributed by atoms with van der Waals surface area (Å²) in [6.07, 6.45) is 0.758. The van der Waals surface area contributed by atoms with E-state index in [-0.39, 0.29) is 5.91 Å². The van der Waals surface area contributed by atoms with E-state index in [1.807, 2.05) is 39.0 Å². The number of rotatable bonds is 4. The minimum Gasteiger partial charge on any atom is -0.411 e. The Morgan fingerprint density at radius 1 is 1.39 bits per heavy atom. The molecule has 0 fully saturated rings. The lowest BCUT2D eigenvalue weighted by atomic mass is 9.89. The van der Waals surface area contributed by atoms with Gasteiger partial charge >= 0.3 is 0 Å². The second-order valence-electron chi connectivity index (χ2n) is 4.92. The van der Waals surface area contributed by atoms with Crippen LogP contribution in [0.1, 0.15) is 39.7 Å². The van der Waals surface area contributed by atoms with Crippen LogP contribution in [0.2, 0.25) is 0 Å². The van der Waals surface area contributed by atoms with E-state index in [0.717, 1.165) is 12.0 Å². The summed E-state index contributed by atoms with van der Waals surface area (Å²) in [6.45, 7) is 7.47. The van der Waals surface area contributed by atoms with Gasteiger partial charge in [-0.15, -0.1) is 0 Å². The van der Waals surface area contributed by atoms with E-state index in [1.54, 1.807) is 13.0 Å². The van der Waals surface area contributed by atoms with Crippen LogP contribution in [-0.2, 0) is 4.79 Å². The van der Waals surface area contributed by atoms with Crippen molar-refractivity contribution in [3.05, 3.63) is 29.8 Å². The first-order chi connectivity index (χ1) is 8.42. The maximum Gasteiger partial charge on any atom is 0.230 e. The first-order valence-electron chi connectivity index (χ1n) is 6.02. The molecular formula is C14H20N2O2. The van der Waals surface area contributed by atoms with Gasteiger partial charge in [-0.2, -0.15) is 0 Å². The molecule has 1 aromatic rings. The number of nitrogens with zero attached hydrogens (tertiary/aromatic N) is 1. The molecule has 2 N–H and O–H groups in total. The summed E-state index contributed by atoms with van der Waals surface area (Å²) in [7, 11) is 0. The Labute approximate surface area is 108 Å². The van der Waals surface area contributed by atoms with Crippen molar-refractivity contribution in [2.24, 2.45) is 10.6 Å². The fourth-order valence-electron chi connectivity index (χ4n) is 1.41. The molecule has 4 nitrogen and oxygen atoms in total. The van der Waals surface area contributed by atoms with E-state index in [1.165, 1.54) is 0 Å². The van der Waals surface area contributed by atoms with Crippen molar-refractivity contribution in [1.29, 1.82) is 0 Å². The van der Waals surface area contributed by atoms with Crippen molar-refractivity contribution < 1.29 is 10.0 Å². The largest absolute Gasteiger partial charge is 0.411 e. The highest BCUT2D eigenvalue weighted by Crippen LogP contribution is 2.24. The fourth-order valence-corrected chi connectivity index (χ4v) is 1.41. The Hall–Kier alpha value is -1.84.